The topological polar surface area (TPSA) is 66.4 Å². The molecule has 0 aliphatic heterocycles. The number of hydrogen-bond acceptors (Lipinski definition) is 2. The molecule has 1 amide bonds. The second kappa shape index (κ2) is 5.57. The average Bonchev–Trinajstić information content (AvgIpc) is 2.38. The minimum atomic E-state index is -0.954. The summed E-state index contributed by atoms with van der Waals surface area (Å²) < 4.78 is 0. The second-order valence-corrected chi connectivity index (χ2v) is 4.60. The average molecular weight is 269 g/mol. The fraction of sp³-hybridized carbons (Fsp3) is 0.125. The quantitative estimate of drug-likeness (QED) is 0.898. The van der Waals surface area contributed by atoms with E-state index in [0.29, 0.717) is 5.69 Å². The second-order valence-electron chi connectivity index (χ2n) is 4.60. The van der Waals surface area contributed by atoms with Gasteiger partial charge in [-0.05, 0) is 47.9 Å². The standard InChI is InChI=1S/C16H15NO3/c1-10-6-7-13(16(19)20)9-15(10)12-4-3-5-14(8-12)17-11(2)18/h3-9H,1-2H3,(H,17,18)(H,19,20). The van der Waals surface area contributed by atoms with Gasteiger partial charge in [0.1, 0.15) is 0 Å². The largest absolute Gasteiger partial charge is 0.478 e. The Labute approximate surface area is 117 Å². The van der Waals surface area contributed by atoms with Crippen molar-refractivity contribution in [3.8, 4) is 11.1 Å². The first-order valence-corrected chi connectivity index (χ1v) is 6.19. The van der Waals surface area contributed by atoms with Crippen LogP contribution in [0.25, 0.3) is 11.1 Å². The lowest BCUT2D eigenvalue weighted by atomic mass is 9.98. The molecule has 0 unspecified atom stereocenters. The van der Waals surface area contributed by atoms with E-state index in [2.05, 4.69) is 5.32 Å². The van der Waals surface area contributed by atoms with Gasteiger partial charge in [0.05, 0.1) is 5.56 Å². The number of carboxylic acid groups (broad SMARTS) is 1. The number of hydrogen-bond donors (Lipinski definition) is 2. The van der Waals surface area contributed by atoms with Crippen LogP contribution in [0.15, 0.2) is 42.5 Å². The van der Waals surface area contributed by atoms with Gasteiger partial charge in [0, 0.05) is 12.6 Å². The normalized spacial score (nSPS) is 10.1. The molecule has 0 aromatic heterocycles. The van der Waals surface area contributed by atoms with Crippen molar-refractivity contribution in [1.29, 1.82) is 0 Å². The fourth-order valence-corrected chi connectivity index (χ4v) is 2.03. The number of aromatic carboxylic acids is 1. The highest BCUT2D eigenvalue weighted by Gasteiger charge is 2.08. The van der Waals surface area contributed by atoms with Crippen LogP contribution in [0.4, 0.5) is 5.69 Å². The van der Waals surface area contributed by atoms with Gasteiger partial charge in [-0.15, -0.1) is 0 Å². The molecule has 0 saturated carbocycles. The van der Waals surface area contributed by atoms with Gasteiger partial charge >= 0.3 is 5.97 Å². The van der Waals surface area contributed by atoms with Crippen LogP contribution in [0.3, 0.4) is 0 Å². The summed E-state index contributed by atoms with van der Waals surface area (Å²) in [5.74, 6) is -1.09. The zero-order valence-electron chi connectivity index (χ0n) is 11.3. The third kappa shape index (κ3) is 3.03. The summed E-state index contributed by atoms with van der Waals surface area (Å²) in [4.78, 5) is 22.1. The van der Waals surface area contributed by atoms with Crippen molar-refractivity contribution in [2.75, 3.05) is 5.32 Å². The first-order chi connectivity index (χ1) is 9.47. The Balaban J connectivity index is 2.47. The Hall–Kier alpha value is -2.62. The number of rotatable bonds is 3. The summed E-state index contributed by atoms with van der Waals surface area (Å²) in [6.45, 7) is 3.37. The molecule has 0 radical (unpaired) electrons. The first kappa shape index (κ1) is 13.8. The van der Waals surface area contributed by atoms with Crippen LogP contribution in [0.1, 0.15) is 22.8 Å². The number of benzene rings is 2. The highest BCUT2D eigenvalue weighted by atomic mass is 16.4. The third-order valence-corrected chi connectivity index (χ3v) is 2.98. The predicted molar refractivity (Wildman–Crippen MR) is 77.9 cm³/mol. The maximum Gasteiger partial charge on any atom is 0.335 e. The molecule has 0 fully saturated rings. The molecule has 4 heteroatoms. The van der Waals surface area contributed by atoms with E-state index in [1.807, 2.05) is 25.1 Å². The smallest absolute Gasteiger partial charge is 0.335 e. The molecule has 2 N–H and O–H groups in total. The number of carboxylic acids is 1. The van der Waals surface area contributed by atoms with Gasteiger partial charge in [0.2, 0.25) is 5.91 Å². The van der Waals surface area contributed by atoms with Gasteiger partial charge in [-0.1, -0.05) is 18.2 Å². The number of aryl methyl sites for hydroxylation is 1. The third-order valence-electron chi connectivity index (χ3n) is 2.98. The van der Waals surface area contributed by atoms with Crippen molar-refractivity contribution in [3.05, 3.63) is 53.6 Å². The van der Waals surface area contributed by atoms with E-state index in [4.69, 9.17) is 5.11 Å². The minimum absolute atomic E-state index is 0.141. The van der Waals surface area contributed by atoms with E-state index < -0.39 is 5.97 Å². The van der Waals surface area contributed by atoms with E-state index in [0.717, 1.165) is 16.7 Å². The molecular formula is C16H15NO3. The molecular weight excluding hydrogens is 254 g/mol. The van der Waals surface area contributed by atoms with E-state index in [1.165, 1.54) is 6.92 Å². The number of carbonyl (C=O) groups excluding carboxylic acids is 1. The lowest BCUT2D eigenvalue weighted by molar-refractivity contribution is -0.114. The van der Waals surface area contributed by atoms with Gasteiger partial charge < -0.3 is 10.4 Å². The highest BCUT2D eigenvalue weighted by molar-refractivity contribution is 5.91. The molecule has 0 saturated heterocycles. The summed E-state index contributed by atoms with van der Waals surface area (Å²) in [7, 11) is 0. The van der Waals surface area contributed by atoms with Gasteiger partial charge in [-0.3, -0.25) is 4.79 Å². The van der Waals surface area contributed by atoms with E-state index >= 15 is 0 Å². The Bertz CT molecular complexity index is 677. The summed E-state index contributed by atoms with van der Waals surface area (Å²) in [6.07, 6.45) is 0. The predicted octanol–water partition coefficient (Wildman–Crippen LogP) is 3.32. The summed E-state index contributed by atoms with van der Waals surface area (Å²) in [5.41, 5.74) is 3.63. The van der Waals surface area contributed by atoms with Gasteiger partial charge in [0.15, 0.2) is 0 Å². The van der Waals surface area contributed by atoms with Crippen LogP contribution in [0.2, 0.25) is 0 Å². The lowest BCUT2D eigenvalue weighted by Gasteiger charge is -2.09. The summed E-state index contributed by atoms with van der Waals surface area (Å²) >= 11 is 0. The number of anilines is 1. The molecule has 0 heterocycles. The number of carbonyl (C=O) groups is 2. The fourth-order valence-electron chi connectivity index (χ4n) is 2.03. The first-order valence-electron chi connectivity index (χ1n) is 6.19. The van der Waals surface area contributed by atoms with Crippen LogP contribution in [0, 0.1) is 6.92 Å². The van der Waals surface area contributed by atoms with Crippen molar-refractivity contribution in [2.45, 2.75) is 13.8 Å². The molecule has 2 aromatic rings. The molecule has 0 bridgehead atoms. The van der Waals surface area contributed by atoms with Crippen molar-refractivity contribution in [2.24, 2.45) is 0 Å². The Morgan fingerprint density at radius 3 is 2.50 bits per heavy atom. The van der Waals surface area contributed by atoms with Gasteiger partial charge in [-0.2, -0.15) is 0 Å². The van der Waals surface area contributed by atoms with Crippen LogP contribution in [0.5, 0.6) is 0 Å². The SMILES string of the molecule is CC(=O)Nc1cccc(-c2cc(C(=O)O)ccc2C)c1. The molecule has 0 atom stereocenters. The van der Waals surface area contributed by atoms with Crippen LogP contribution in [-0.2, 0) is 4.79 Å². The molecule has 0 aliphatic carbocycles. The van der Waals surface area contributed by atoms with E-state index in [1.54, 1.807) is 24.3 Å². The summed E-state index contributed by atoms with van der Waals surface area (Å²) in [5, 5.41) is 11.8. The van der Waals surface area contributed by atoms with E-state index in [9.17, 15) is 9.59 Å². The van der Waals surface area contributed by atoms with Crippen molar-refractivity contribution in [1.82, 2.24) is 0 Å². The Morgan fingerprint density at radius 2 is 1.85 bits per heavy atom. The van der Waals surface area contributed by atoms with Crippen molar-refractivity contribution >= 4 is 17.6 Å². The molecule has 102 valence electrons. The molecule has 0 spiro atoms. The maximum atomic E-state index is 11.1. The lowest BCUT2D eigenvalue weighted by Crippen LogP contribution is -2.05. The molecule has 20 heavy (non-hydrogen) atoms. The van der Waals surface area contributed by atoms with Crippen LogP contribution < -0.4 is 5.32 Å². The zero-order chi connectivity index (χ0) is 14.7. The van der Waals surface area contributed by atoms with Gasteiger partial charge in [-0.25, -0.2) is 4.79 Å². The summed E-state index contributed by atoms with van der Waals surface area (Å²) in [6, 6.07) is 12.3. The van der Waals surface area contributed by atoms with Crippen molar-refractivity contribution < 1.29 is 14.7 Å². The van der Waals surface area contributed by atoms with Crippen LogP contribution in [-0.4, -0.2) is 17.0 Å². The van der Waals surface area contributed by atoms with E-state index in [-0.39, 0.29) is 11.5 Å². The Morgan fingerprint density at radius 1 is 1.10 bits per heavy atom. The van der Waals surface area contributed by atoms with Gasteiger partial charge in [0.25, 0.3) is 0 Å². The highest BCUT2D eigenvalue weighted by Crippen LogP contribution is 2.27. The minimum Gasteiger partial charge on any atom is -0.478 e. The number of nitrogens with one attached hydrogen (secondary N) is 1. The molecule has 0 aliphatic rings. The maximum absolute atomic E-state index is 11.1. The van der Waals surface area contributed by atoms with Crippen molar-refractivity contribution in [3.63, 3.8) is 0 Å². The van der Waals surface area contributed by atoms with Crippen LogP contribution >= 0.6 is 0 Å². The molecule has 2 aromatic carbocycles. The molecule has 2 rings (SSSR count). The molecule has 4 nitrogen and oxygen atoms in total. The Kier molecular flexibility index (Phi) is 3.84. The monoisotopic (exact) mass is 269 g/mol. The number of amides is 1. The zero-order valence-corrected chi connectivity index (χ0v) is 11.3.